The Morgan fingerprint density at radius 1 is 0.455 bits per heavy atom. The van der Waals surface area contributed by atoms with Gasteiger partial charge in [-0.05, 0) is 65.5 Å². The van der Waals surface area contributed by atoms with Crippen LogP contribution in [0.5, 0.6) is 0 Å². The van der Waals surface area contributed by atoms with Crippen LogP contribution < -0.4 is 0 Å². The van der Waals surface area contributed by atoms with Crippen molar-refractivity contribution in [2.45, 2.75) is 32.1 Å². The SMILES string of the molecule is C1Cc2c1c1c(c3c2C3)CC1. The van der Waals surface area contributed by atoms with Crippen LogP contribution in [-0.4, -0.2) is 0 Å². The molecule has 1 aromatic carbocycles. The van der Waals surface area contributed by atoms with Gasteiger partial charge >= 0.3 is 0 Å². The van der Waals surface area contributed by atoms with Gasteiger partial charge in [-0.2, -0.15) is 0 Å². The van der Waals surface area contributed by atoms with Crippen LogP contribution in [0.2, 0.25) is 0 Å². The van der Waals surface area contributed by atoms with E-state index in [4.69, 9.17) is 0 Å². The third-order valence-electron chi connectivity index (χ3n) is 3.66. The molecule has 0 bridgehead atoms. The molecule has 0 saturated heterocycles. The minimum atomic E-state index is 1.36. The number of hydrogen-bond acceptors (Lipinski definition) is 0. The van der Waals surface area contributed by atoms with Gasteiger partial charge in [-0.25, -0.2) is 0 Å². The Morgan fingerprint density at radius 2 is 0.818 bits per heavy atom. The fourth-order valence-corrected chi connectivity index (χ4v) is 2.79. The summed E-state index contributed by atoms with van der Waals surface area (Å²) in [5.41, 5.74) is 10.6. The third kappa shape index (κ3) is 0.387. The minimum absolute atomic E-state index is 1.36. The van der Waals surface area contributed by atoms with Crippen LogP contribution in [0.3, 0.4) is 0 Å². The van der Waals surface area contributed by atoms with E-state index in [1.165, 1.54) is 32.1 Å². The summed E-state index contributed by atoms with van der Waals surface area (Å²) in [6.45, 7) is 0. The highest BCUT2D eigenvalue weighted by atomic mass is 14.4. The van der Waals surface area contributed by atoms with Crippen molar-refractivity contribution in [2.75, 3.05) is 0 Å². The van der Waals surface area contributed by atoms with E-state index in [-0.39, 0.29) is 0 Å². The molecule has 0 spiro atoms. The first-order chi connectivity index (χ1) is 5.45. The number of rotatable bonds is 0. The van der Waals surface area contributed by atoms with Gasteiger partial charge in [-0.15, -0.1) is 0 Å². The van der Waals surface area contributed by atoms with Gasteiger partial charge in [-0.1, -0.05) is 0 Å². The monoisotopic (exact) mass is 142 g/mol. The van der Waals surface area contributed by atoms with Crippen LogP contribution in [0.15, 0.2) is 0 Å². The fraction of sp³-hybridized carbons (Fsp3) is 0.455. The van der Waals surface area contributed by atoms with E-state index in [1.807, 2.05) is 0 Å². The van der Waals surface area contributed by atoms with E-state index >= 15 is 0 Å². The summed E-state index contributed by atoms with van der Waals surface area (Å²) in [5, 5.41) is 0. The van der Waals surface area contributed by atoms with Gasteiger partial charge < -0.3 is 0 Å². The molecule has 0 radical (unpaired) electrons. The highest BCUT2D eigenvalue weighted by Gasteiger charge is 2.37. The molecule has 0 saturated carbocycles. The molecule has 0 fully saturated rings. The first-order valence-electron chi connectivity index (χ1n) is 4.62. The van der Waals surface area contributed by atoms with Gasteiger partial charge in [-0.3, -0.25) is 0 Å². The molecule has 0 atom stereocenters. The van der Waals surface area contributed by atoms with Gasteiger partial charge in [0, 0.05) is 0 Å². The highest BCUT2D eigenvalue weighted by Crippen LogP contribution is 2.48. The van der Waals surface area contributed by atoms with Crippen LogP contribution in [0, 0.1) is 0 Å². The summed E-state index contributed by atoms with van der Waals surface area (Å²) in [4.78, 5) is 0. The van der Waals surface area contributed by atoms with E-state index < -0.39 is 0 Å². The lowest BCUT2D eigenvalue weighted by molar-refractivity contribution is 0.747. The van der Waals surface area contributed by atoms with Crippen LogP contribution in [0.4, 0.5) is 0 Å². The molecule has 0 heterocycles. The molecule has 3 aliphatic rings. The molecule has 0 aromatic heterocycles. The maximum atomic E-state index is 1.77. The second-order valence-corrected chi connectivity index (χ2v) is 4.05. The predicted molar refractivity (Wildman–Crippen MR) is 44.1 cm³/mol. The van der Waals surface area contributed by atoms with Crippen molar-refractivity contribution in [3.05, 3.63) is 33.4 Å². The Morgan fingerprint density at radius 3 is 1.18 bits per heavy atom. The maximum absolute atomic E-state index is 1.77. The van der Waals surface area contributed by atoms with Gasteiger partial charge in [0.25, 0.3) is 0 Å². The summed E-state index contributed by atoms with van der Waals surface area (Å²) < 4.78 is 0. The second-order valence-electron chi connectivity index (χ2n) is 4.05. The zero-order chi connectivity index (χ0) is 7.00. The molecule has 54 valence electrons. The lowest BCUT2D eigenvalue weighted by Crippen LogP contribution is -2.20. The molecule has 0 aliphatic heterocycles. The van der Waals surface area contributed by atoms with Crippen LogP contribution in [-0.2, 0) is 32.1 Å². The molecular weight excluding hydrogens is 132 g/mol. The Labute approximate surface area is 66.2 Å². The van der Waals surface area contributed by atoms with Crippen molar-refractivity contribution in [3.8, 4) is 0 Å². The Balaban J connectivity index is 2.22. The van der Waals surface area contributed by atoms with Crippen molar-refractivity contribution in [1.82, 2.24) is 0 Å². The Kier molecular flexibility index (Phi) is 0.570. The molecule has 3 aliphatic carbocycles. The van der Waals surface area contributed by atoms with E-state index in [2.05, 4.69) is 0 Å². The van der Waals surface area contributed by atoms with Crippen molar-refractivity contribution in [3.63, 3.8) is 0 Å². The fourth-order valence-electron chi connectivity index (χ4n) is 2.79. The van der Waals surface area contributed by atoms with E-state index in [1.54, 1.807) is 33.4 Å². The van der Waals surface area contributed by atoms with Crippen molar-refractivity contribution < 1.29 is 0 Å². The van der Waals surface area contributed by atoms with Crippen molar-refractivity contribution in [2.24, 2.45) is 0 Å². The first kappa shape index (κ1) is 4.97. The van der Waals surface area contributed by atoms with Crippen molar-refractivity contribution in [1.29, 1.82) is 0 Å². The van der Waals surface area contributed by atoms with E-state index in [0.29, 0.717) is 0 Å². The summed E-state index contributed by atoms with van der Waals surface area (Å²) >= 11 is 0. The summed E-state index contributed by atoms with van der Waals surface area (Å²) in [5.74, 6) is 0. The topological polar surface area (TPSA) is 0 Å². The van der Waals surface area contributed by atoms with Crippen LogP contribution in [0.25, 0.3) is 0 Å². The molecule has 4 rings (SSSR count). The zero-order valence-corrected chi connectivity index (χ0v) is 6.54. The predicted octanol–water partition coefficient (Wildman–Crippen LogP) is 1.79. The first-order valence-corrected chi connectivity index (χ1v) is 4.62. The Hall–Kier alpha value is -0.780. The second kappa shape index (κ2) is 1.26. The van der Waals surface area contributed by atoms with Gasteiger partial charge in [0.1, 0.15) is 0 Å². The molecular formula is C11H10. The standard InChI is InChI=1S/C11H10/c1-3-8-6(1)7-2-4-9(7)11-5-10(8)11/h1-5H2. The average molecular weight is 142 g/mol. The molecule has 11 heavy (non-hydrogen) atoms. The quantitative estimate of drug-likeness (QED) is 0.526. The van der Waals surface area contributed by atoms with Gasteiger partial charge in [0.05, 0.1) is 0 Å². The molecule has 1 aromatic rings. The lowest BCUT2D eigenvalue weighted by atomic mass is 9.75. The molecule has 0 N–H and O–H groups in total. The third-order valence-corrected chi connectivity index (χ3v) is 3.66. The van der Waals surface area contributed by atoms with E-state index in [0.717, 1.165) is 0 Å². The number of hydrogen-bond donors (Lipinski definition) is 0. The molecule has 0 heteroatoms. The van der Waals surface area contributed by atoms with Crippen molar-refractivity contribution >= 4 is 0 Å². The highest BCUT2D eigenvalue weighted by molar-refractivity contribution is 5.67. The van der Waals surface area contributed by atoms with E-state index in [9.17, 15) is 0 Å². The van der Waals surface area contributed by atoms with Crippen LogP contribution in [0.1, 0.15) is 33.4 Å². The lowest BCUT2D eigenvalue weighted by Gasteiger charge is -2.29. The minimum Gasteiger partial charge on any atom is -0.0407 e. The number of benzene rings is 1. The average Bonchev–Trinajstić information content (AvgIpc) is 2.55. The van der Waals surface area contributed by atoms with Gasteiger partial charge in [0.2, 0.25) is 0 Å². The summed E-state index contributed by atoms with van der Waals surface area (Å²) in [6, 6.07) is 0. The number of fused-ring (bicyclic) bond motifs is 6. The Bertz CT molecular complexity index is 349. The summed E-state index contributed by atoms with van der Waals surface area (Å²) in [7, 11) is 0. The van der Waals surface area contributed by atoms with Crippen LogP contribution >= 0.6 is 0 Å². The maximum Gasteiger partial charge on any atom is -0.00142 e. The zero-order valence-electron chi connectivity index (χ0n) is 6.54. The largest absolute Gasteiger partial charge is 0.0407 e. The summed E-state index contributed by atoms with van der Waals surface area (Å²) in [6.07, 6.45) is 6.93. The molecule has 0 amide bonds. The molecule has 0 unspecified atom stereocenters. The molecule has 0 nitrogen and oxygen atoms in total. The smallest absolute Gasteiger partial charge is 0.00142 e. The normalized spacial score (nSPS) is 20.7. The van der Waals surface area contributed by atoms with Gasteiger partial charge in [0.15, 0.2) is 0 Å².